The van der Waals surface area contributed by atoms with Gasteiger partial charge in [0.2, 0.25) is 5.88 Å². The third-order valence-electron chi connectivity index (χ3n) is 5.70. The quantitative estimate of drug-likeness (QED) is 0.479. The van der Waals surface area contributed by atoms with Gasteiger partial charge in [-0.3, -0.25) is 13.9 Å². The zero-order chi connectivity index (χ0) is 21.4. The van der Waals surface area contributed by atoms with E-state index < -0.39 is 6.04 Å². The summed E-state index contributed by atoms with van der Waals surface area (Å²) in [6.45, 7) is 0.715. The summed E-state index contributed by atoms with van der Waals surface area (Å²) in [6.07, 6.45) is 0.873. The molecule has 5 nitrogen and oxygen atoms in total. The van der Waals surface area contributed by atoms with Crippen LogP contribution in [-0.4, -0.2) is 20.8 Å². The SMILES string of the molecule is O=c1c([C@@H]2NCCc3ccccc32)c(O)n(-c2ccccc2)c(=S)n1-c1ccccc1. The molecule has 1 aliphatic heterocycles. The van der Waals surface area contributed by atoms with Crippen molar-refractivity contribution in [2.24, 2.45) is 0 Å². The maximum Gasteiger partial charge on any atom is 0.267 e. The van der Waals surface area contributed by atoms with Crippen LogP contribution in [0.15, 0.2) is 89.7 Å². The topological polar surface area (TPSA) is 59.2 Å². The van der Waals surface area contributed by atoms with Crippen LogP contribution in [0, 0.1) is 4.77 Å². The van der Waals surface area contributed by atoms with Gasteiger partial charge < -0.3 is 10.4 Å². The van der Waals surface area contributed by atoms with Crippen molar-refractivity contribution in [2.45, 2.75) is 12.5 Å². The number of hydrogen-bond acceptors (Lipinski definition) is 4. The molecule has 0 saturated carbocycles. The highest BCUT2D eigenvalue weighted by atomic mass is 32.1. The first-order valence-corrected chi connectivity index (χ1v) is 10.6. The normalized spacial score (nSPS) is 15.4. The average molecular weight is 428 g/mol. The number of nitrogens with one attached hydrogen (secondary N) is 1. The molecular weight excluding hydrogens is 406 g/mol. The predicted molar refractivity (Wildman–Crippen MR) is 124 cm³/mol. The molecule has 0 fully saturated rings. The van der Waals surface area contributed by atoms with Gasteiger partial charge in [-0.2, -0.15) is 0 Å². The zero-order valence-electron chi connectivity index (χ0n) is 16.7. The fraction of sp³-hybridized carbons (Fsp3) is 0.120. The van der Waals surface area contributed by atoms with Gasteiger partial charge in [-0.25, -0.2) is 0 Å². The third-order valence-corrected chi connectivity index (χ3v) is 6.06. The Hall–Kier alpha value is -3.48. The molecule has 154 valence electrons. The second-order valence-electron chi connectivity index (χ2n) is 7.50. The van der Waals surface area contributed by atoms with Gasteiger partial charge in [-0.05, 0) is 54.0 Å². The minimum absolute atomic E-state index is 0.136. The number of aromatic nitrogens is 2. The van der Waals surface area contributed by atoms with Crippen LogP contribution in [0.2, 0.25) is 0 Å². The Kier molecular flexibility index (Phi) is 5.02. The summed E-state index contributed by atoms with van der Waals surface area (Å²) in [4.78, 5) is 13.8. The van der Waals surface area contributed by atoms with Crippen molar-refractivity contribution in [2.75, 3.05) is 6.54 Å². The van der Waals surface area contributed by atoms with Crippen LogP contribution in [-0.2, 0) is 6.42 Å². The number of rotatable bonds is 3. The van der Waals surface area contributed by atoms with Gasteiger partial charge in [0.15, 0.2) is 4.77 Å². The first kappa shape index (κ1) is 19.5. The van der Waals surface area contributed by atoms with Crippen molar-refractivity contribution in [1.82, 2.24) is 14.5 Å². The highest BCUT2D eigenvalue weighted by Crippen LogP contribution is 2.33. The van der Waals surface area contributed by atoms with Crippen LogP contribution in [0.1, 0.15) is 22.7 Å². The lowest BCUT2D eigenvalue weighted by Crippen LogP contribution is -2.37. The van der Waals surface area contributed by atoms with Gasteiger partial charge in [0.1, 0.15) is 0 Å². The van der Waals surface area contributed by atoms with Crippen molar-refractivity contribution in [3.8, 4) is 17.3 Å². The van der Waals surface area contributed by atoms with E-state index in [-0.39, 0.29) is 21.8 Å². The molecule has 5 rings (SSSR count). The third kappa shape index (κ3) is 3.30. The number of hydrogen-bond donors (Lipinski definition) is 2. The van der Waals surface area contributed by atoms with Crippen LogP contribution in [0.3, 0.4) is 0 Å². The summed E-state index contributed by atoms with van der Waals surface area (Å²) in [5.74, 6) is -0.136. The average Bonchev–Trinajstić information content (AvgIpc) is 2.81. The molecule has 4 aromatic rings. The Morgan fingerprint density at radius 3 is 2.10 bits per heavy atom. The molecule has 1 aliphatic rings. The molecule has 31 heavy (non-hydrogen) atoms. The van der Waals surface area contributed by atoms with Gasteiger partial charge >= 0.3 is 0 Å². The minimum Gasteiger partial charge on any atom is -0.494 e. The molecule has 6 heteroatoms. The van der Waals surface area contributed by atoms with Crippen LogP contribution < -0.4 is 10.9 Å². The molecule has 0 spiro atoms. The van der Waals surface area contributed by atoms with Crippen molar-refractivity contribution in [1.29, 1.82) is 0 Å². The van der Waals surface area contributed by atoms with E-state index in [0.717, 1.165) is 12.0 Å². The molecule has 2 heterocycles. The summed E-state index contributed by atoms with van der Waals surface area (Å²) in [5.41, 5.74) is 3.48. The number of aromatic hydroxyl groups is 1. The van der Waals surface area contributed by atoms with Crippen molar-refractivity contribution >= 4 is 12.2 Å². The Morgan fingerprint density at radius 1 is 0.839 bits per heavy atom. The summed E-state index contributed by atoms with van der Waals surface area (Å²) < 4.78 is 3.28. The van der Waals surface area contributed by atoms with E-state index in [1.54, 1.807) is 4.57 Å². The molecule has 0 aliphatic carbocycles. The van der Waals surface area contributed by atoms with Gasteiger partial charge in [0.05, 0.1) is 23.0 Å². The fourth-order valence-electron chi connectivity index (χ4n) is 4.24. The van der Waals surface area contributed by atoms with Gasteiger partial charge in [-0.1, -0.05) is 60.7 Å². The van der Waals surface area contributed by atoms with Crippen molar-refractivity contribution in [3.63, 3.8) is 0 Å². The Balaban J connectivity index is 1.86. The number of nitrogens with zero attached hydrogens (tertiary/aromatic N) is 2. The first-order valence-electron chi connectivity index (χ1n) is 10.2. The monoisotopic (exact) mass is 427 g/mol. The lowest BCUT2D eigenvalue weighted by Gasteiger charge is -2.28. The van der Waals surface area contributed by atoms with Gasteiger partial charge in [0.25, 0.3) is 5.56 Å². The summed E-state index contributed by atoms with van der Waals surface area (Å²) in [7, 11) is 0. The Labute approximate surface area is 184 Å². The van der Waals surface area contributed by atoms with E-state index in [9.17, 15) is 9.90 Å². The van der Waals surface area contributed by atoms with Gasteiger partial charge in [-0.15, -0.1) is 0 Å². The molecular formula is C25H21N3O2S. The van der Waals surface area contributed by atoms with E-state index >= 15 is 0 Å². The van der Waals surface area contributed by atoms with Crippen LogP contribution in [0.5, 0.6) is 5.88 Å². The molecule has 0 saturated heterocycles. The summed E-state index contributed by atoms with van der Waals surface area (Å²) in [6, 6.07) is 26.3. The van der Waals surface area contributed by atoms with Crippen molar-refractivity contribution < 1.29 is 5.11 Å². The largest absolute Gasteiger partial charge is 0.494 e. The Bertz CT molecular complexity index is 1360. The van der Waals surface area contributed by atoms with E-state index in [0.29, 0.717) is 17.9 Å². The number of para-hydroxylation sites is 2. The van der Waals surface area contributed by atoms with E-state index in [2.05, 4.69) is 11.4 Å². The van der Waals surface area contributed by atoms with Gasteiger partial charge in [0, 0.05) is 6.54 Å². The maximum atomic E-state index is 13.8. The van der Waals surface area contributed by atoms with Crippen LogP contribution in [0.25, 0.3) is 11.4 Å². The standard InChI is InChI=1S/C25H21N3O2S/c29-23-21(22-20-14-8-7-9-17(20)15-16-26-22)24(30)28(19-12-5-2-6-13-19)25(31)27(23)18-10-3-1-4-11-18/h1-14,22,26,29H,15-16H2/t22-/m1/s1. The second kappa shape index (κ2) is 7.98. The van der Waals surface area contributed by atoms with E-state index in [1.165, 1.54) is 10.1 Å². The predicted octanol–water partition coefficient (Wildman–Crippen LogP) is 4.30. The van der Waals surface area contributed by atoms with Crippen LogP contribution >= 0.6 is 12.2 Å². The highest BCUT2D eigenvalue weighted by molar-refractivity contribution is 7.71. The van der Waals surface area contributed by atoms with E-state index in [1.807, 2.05) is 78.9 Å². The van der Waals surface area contributed by atoms with Crippen molar-refractivity contribution in [3.05, 3.63) is 117 Å². The molecule has 0 bridgehead atoms. The second-order valence-corrected chi connectivity index (χ2v) is 7.87. The smallest absolute Gasteiger partial charge is 0.267 e. The molecule has 2 N–H and O–H groups in total. The fourth-order valence-corrected chi connectivity index (χ4v) is 4.62. The molecule has 3 aromatic carbocycles. The minimum atomic E-state index is -0.432. The molecule has 1 aromatic heterocycles. The lowest BCUT2D eigenvalue weighted by molar-refractivity contribution is 0.410. The molecule has 0 unspecified atom stereocenters. The maximum absolute atomic E-state index is 13.8. The number of fused-ring (bicyclic) bond motifs is 1. The highest BCUT2D eigenvalue weighted by Gasteiger charge is 2.30. The Morgan fingerprint density at radius 2 is 1.42 bits per heavy atom. The number of benzene rings is 3. The van der Waals surface area contributed by atoms with Crippen LogP contribution in [0.4, 0.5) is 0 Å². The summed E-state index contributed by atoms with van der Waals surface area (Å²) in [5, 5.41) is 14.8. The zero-order valence-corrected chi connectivity index (χ0v) is 17.5. The lowest BCUT2D eigenvalue weighted by atomic mass is 9.90. The molecule has 0 amide bonds. The molecule has 1 atom stereocenters. The van der Waals surface area contributed by atoms with E-state index in [4.69, 9.17) is 12.2 Å². The first-order chi connectivity index (χ1) is 15.2. The molecule has 0 radical (unpaired) electrons. The summed E-state index contributed by atoms with van der Waals surface area (Å²) >= 11 is 5.72.